The van der Waals surface area contributed by atoms with Crippen LogP contribution in [0.2, 0.25) is 0 Å². The van der Waals surface area contributed by atoms with Gasteiger partial charge >= 0.3 is 0 Å². The van der Waals surface area contributed by atoms with Gasteiger partial charge in [0.15, 0.2) is 0 Å². The minimum absolute atomic E-state index is 0. The molecule has 0 fully saturated rings. The van der Waals surface area contributed by atoms with E-state index >= 15 is 0 Å². The SMILES string of the molecule is CCCCC(CN)NC(=O)CCn1cccn1.Cl.Cl. The molecule has 19 heavy (non-hydrogen) atoms. The summed E-state index contributed by atoms with van der Waals surface area (Å²) in [6.07, 6.45) is 7.19. The van der Waals surface area contributed by atoms with E-state index in [4.69, 9.17) is 5.73 Å². The second kappa shape index (κ2) is 12.3. The van der Waals surface area contributed by atoms with Crippen molar-refractivity contribution in [3.8, 4) is 0 Å². The summed E-state index contributed by atoms with van der Waals surface area (Å²) >= 11 is 0. The smallest absolute Gasteiger partial charge is 0.222 e. The van der Waals surface area contributed by atoms with Gasteiger partial charge in [0.05, 0.1) is 0 Å². The highest BCUT2D eigenvalue weighted by atomic mass is 35.5. The van der Waals surface area contributed by atoms with Crippen LogP contribution in [0.1, 0.15) is 32.6 Å². The maximum absolute atomic E-state index is 11.7. The van der Waals surface area contributed by atoms with E-state index in [1.165, 1.54) is 0 Å². The van der Waals surface area contributed by atoms with Gasteiger partial charge in [-0.15, -0.1) is 24.8 Å². The Hall–Kier alpha value is -0.780. The topological polar surface area (TPSA) is 72.9 Å². The number of halogens is 2. The number of nitrogens with two attached hydrogens (primary N) is 1. The van der Waals surface area contributed by atoms with E-state index in [0.29, 0.717) is 19.5 Å². The molecule has 1 unspecified atom stereocenters. The number of aryl methyl sites for hydroxylation is 1. The third-order valence-electron chi connectivity index (χ3n) is 2.68. The van der Waals surface area contributed by atoms with E-state index in [9.17, 15) is 4.79 Å². The molecule has 7 heteroatoms. The highest BCUT2D eigenvalue weighted by Crippen LogP contribution is 2.00. The van der Waals surface area contributed by atoms with Crippen LogP contribution in [0.5, 0.6) is 0 Å². The van der Waals surface area contributed by atoms with Crippen molar-refractivity contribution in [1.82, 2.24) is 15.1 Å². The molecule has 0 aromatic carbocycles. The van der Waals surface area contributed by atoms with Crippen LogP contribution >= 0.6 is 24.8 Å². The normalized spacial score (nSPS) is 11.1. The number of rotatable bonds is 8. The first-order valence-corrected chi connectivity index (χ1v) is 6.23. The molecular weight excluding hydrogens is 287 g/mol. The molecule has 0 aliphatic rings. The quantitative estimate of drug-likeness (QED) is 0.768. The number of carbonyl (C=O) groups excluding carboxylic acids is 1. The molecule has 3 N–H and O–H groups in total. The second-order valence-corrected chi connectivity index (χ2v) is 4.16. The van der Waals surface area contributed by atoms with Crippen molar-refractivity contribution in [3.05, 3.63) is 18.5 Å². The Balaban J connectivity index is 0. The van der Waals surface area contributed by atoms with Crippen LogP contribution < -0.4 is 11.1 Å². The van der Waals surface area contributed by atoms with E-state index in [1.54, 1.807) is 10.9 Å². The molecule has 1 heterocycles. The van der Waals surface area contributed by atoms with Crippen LogP contribution in [-0.4, -0.2) is 28.3 Å². The summed E-state index contributed by atoms with van der Waals surface area (Å²) in [5, 5.41) is 7.01. The number of aromatic nitrogens is 2. The number of nitrogens with zero attached hydrogens (tertiary/aromatic N) is 2. The van der Waals surface area contributed by atoms with Crippen LogP contribution in [0.4, 0.5) is 0 Å². The Bertz CT molecular complexity index is 320. The van der Waals surface area contributed by atoms with Crippen LogP contribution in [-0.2, 0) is 11.3 Å². The number of unbranched alkanes of at least 4 members (excludes halogenated alkanes) is 1. The number of hydrogen-bond acceptors (Lipinski definition) is 3. The van der Waals surface area contributed by atoms with Crippen molar-refractivity contribution < 1.29 is 4.79 Å². The molecule has 0 radical (unpaired) electrons. The second-order valence-electron chi connectivity index (χ2n) is 4.16. The van der Waals surface area contributed by atoms with Gasteiger partial charge in [-0.3, -0.25) is 9.48 Å². The van der Waals surface area contributed by atoms with Crippen molar-refractivity contribution in [3.63, 3.8) is 0 Å². The first kappa shape index (κ1) is 20.5. The van der Waals surface area contributed by atoms with Gasteiger partial charge in [-0.25, -0.2) is 0 Å². The third-order valence-corrected chi connectivity index (χ3v) is 2.68. The summed E-state index contributed by atoms with van der Waals surface area (Å²) in [5.41, 5.74) is 5.62. The molecule has 1 rings (SSSR count). The zero-order valence-electron chi connectivity index (χ0n) is 11.2. The molecule has 0 aliphatic heterocycles. The van der Waals surface area contributed by atoms with Crippen molar-refractivity contribution in [2.24, 2.45) is 5.73 Å². The monoisotopic (exact) mass is 310 g/mol. The van der Waals surface area contributed by atoms with Gasteiger partial charge < -0.3 is 11.1 Å². The zero-order chi connectivity index (χ0) is 12.5. The third kappa shape index (κ3) is 8.86. The minimum Gasteiger partial charge on any atom is -0.352 e. The minimum atomic E-state index is 0. The van der Waals surface area contributed by atoms with Crippen molar-refractivity contribution in [1.29, 1.82) is 0 Å². The van der Waals surface area contributed by atoms with Crippen LogP contribution in [0.3, 0.4) is 0 Å². The molecule has 112 valence electrons. The summed E-state index contributed by atoms with van der Waals surface area (Å²) in [4.78, 5) is 11.7. The van der Waals surface area contributed by atoms with E-state index in [0.717, 1.165) is 19.3 Å². The Labute approximate surface area is 127 Å². The van der Waals surface area contributed by atoms with E-state index in [1.807, 2.05) is 12.3 Å². The number of carbonyl (C=O) groups is 1. The molecule has 0 aliphatic carbocycles. The molecule has 1 aromatic rings. The van der Waals surface area contributed by atoms with Gasteiger partial charge in [0.25, 0.3) is 0 Å². The lowest BCUT2D eigenvalue weighted by atomic mass is 10.1. The maximum Gasteiger partial charge on any atom is 0.222 e. The Morgan fingerprint density at radius 3 is 2.74 bits per heavy atom. The van der Waals surface area contributed by atoms with Crippen molar-refractivity contribution >= 4 is 30.7 Å². The maximum atomic E-state index is 11.7. The van der Waals surface area contributed by atoms with Gasteiger partial charge in [-0.1, -0.05) is 19.8 Å². The first-order valence-electron chi connectivity index (χ1n) is 6.23. The predicted molar refractivity (Wildman–Crippen MR) is 81.9 cm³/mol. The average Bonchev–Trinajstić information content (AvgIpc) is 2.85. The molecule has 0 saturated heterocycles. The molecule has 1 atom stereocenters. The lowest BCUT2D eigenvalue weighted by Crippen LogP contribution is -2.40. The van der Waals surface area contributed by atoms with Crippen molar-refractivity contribution in [2.75, 3.05) is 6.54 Å². The molecule has 1 amide bonds. The lowest BCUT2D eigenvalue weighted by molar-refractivity contribution is -0.122. The lowest BCUT2D eigenvalue weighted by Gasteiger charge is -2.16. The molecule has 1 aromatic heterocycles. The predicted octanol–water partition coefficient (Wildman–Crippen LogP) is 1.75. The molecular formula is C12H24Cl2N4O. The van der Waals surface area contributed by atoms with Gasteiger partial charge in [-0.2, -0.15) is 5.10 Å². The number of hydrogen-bond donors (Lipinski definition) is 2. The highest BCUT2D eigenvalue weighted by Gasteiger charge is 2.09. The van der Waals surface area contributed by atoms with Gasteiger partial charge in [0.1, 0.15) is 0 Å². The summed E-state index contributed by atoms with van der Waals surface area (Å²) in [7, 11) is 0. The molecule has 0 spiro atoms. The molecule has 5 nitrogen and oxygen atoms in total. The fraction of sp³-hybridized carbons (Fsp3) is 0.667. The Morgan fingerprint density at radius 2 is 2.21 bits per heavy atom. The standard InChI is InChI=1S/C12H22N4O.2ClH/c1-2-3-5-11(10-13)15-12(17)6-9-16-8-4-7-14-16;;/h4,7-8,11H,2-3,5-6,9-10,13H2,1H3,(H,15,17);2*1H. The summed E-state index contributed by atoms with van der Waals surface area (Å²) in [6.45, 7) is 3.25. The average molecular weight is 311 g/mol. The molecule has 0 saturated carbocycles. The van der Waals surface area contributed by atoms with Crippen LogP contribution in [0.25, 0.3) is 0 Å². The Morgan fingerprint density at radius 1 is 1.47 bits per heavy atom. The number of nitrogens with one attached hydrogen (secondary N) is 1. The van der Waals surface area contributed by atoms with Gasteiger partial charge in [0.2, 0.25) is 5.91 Å². The zero-order valence-corrected chi connectivity index (χ0v) is 12.9. The largest absolute Gasteiger partial charge is 0.352 e. The van der Waals surface area contributed by atoms with E-state index in [-0.39, 0.29) is 36.8 Å². The van der Waals surface area contributed by atoms with Gasteiger partial charge in [-0.05, 0) is 12.5 Å². The van der Waals surface area contributed by atoms with Crippen molar-refractivity contribution in [2.45, 2.75) is 45.2 Å². The van der Waals surface area contributed by atoms with E-state index < -0.39 is 0 Å². The summed E-state index contributed by atoms with van der Waals surface area (Å²) < 4.78 is 1.75. The summed E-state index contributed by atoms with van der Waals surface area (Å²) in [6, 6.07) is 1.96. The van der Waals surface area contributed by atoms with Crippen LogP contribution in [0, 0.1) is 0 Å². The molecule has 0 bridgehead atoms. The fourth-order valence-corrected chi connectivity index (χ4v) is 1.65. The summed E-state index contributed by atoms with van der Waals surface area (Å²) in [5.74, 6) is 0.0482. The van der Waals surface area contributed by atoms with E-state index in [2.05, 4.69) is 17.3 Å². The fourth-order valence-electron chi connectivity index (χ4n) is 1.65. The first-order chi connectivity index (χ1) is 8.26. The Kier molecular flexibility index (Phi) is 13.3. The van der Waals surface area contributed by atoms with Crippen LogP contribution in [0.15, 0.2) is 18.5 Å². The number of amides is 1. The highest BCUT2D eigenvalue weighted by molar-refractivity contribution is 5.85. The van der Waals surface area contributed by atoms with Gasteiger partial charge in [0, 0.05) is 37.9 Å².